The first-order valence-corrected chi connectivity index (χ1v) is 15.8. The summed E-state index contributed by atoms with van der Waals surface area (Å²) in [5.74, 6) is 1.76. The minimum Gasteiger partial charge on any atom is -0.453 e. The second-order valence-corrected chi connectivity index (χ2v) is 12.2. The van der Waals surface area contributed by atoms with Crippen molar-refractivity contribution in [1.29, 1.82) is 0 Å². The largest absolute Gasteiger partial charge is 0.453 e. The first kappa shape index (κ1) is 26.2. The molecule has 0 spiro atoms. The van der Waals surface area contributed by atoms with Crippen LogP contribution in [0.2, 0.25) is 0 Å². The molecule has 1 saturated heterocycles. The van der Waals surface area contributed by atoms with E-state index in [1.165, 1.54) is 58.3 Å². The van der Waals surface area contributed by atoms with Crippen LogP contribution < -0.4 is 15.0 Å². The van der Waals surface area contributed by atoms with Crippen molar-refractivity contribution in [3.63, 3.8) is 0 Å². The van der Waals surface area contributed by atoms with Gasteiger partial charge in [0.1, 0.15) is 0 Å². The zero-order valence-electron chi connectivity index (χ0n) is 22.6. The summed E-state index contributed by atoms with van der Waals surface area (Å²) in [5.41, 5.74) is 4.79. The Balaban J connectivity index is 0.000000166. The Kier molecular flexibility index (Phi) is 8.05. The Bertz CT molecular complexity index is 1350. The van der Waals surface area contributed by atoms with Gasteiger partial charge in [0.25, 0.3) is 0 Å². The minimum absolute atomic E-state index is 0.725. The number of benzene rings is 4. The van der Waals surface area contributed by atoms with Crippen molar-refractivity contribution in [3.8, 4) is 11.5 Å². The van der Waals surface area contributed by atoms with Gasteiger partial charge in [0, 0.05) is 27.3 Å². The molecular weight excluding hydrogens is 519 g/mol. The number of ether oxygens (including phenoxy) is 1. The zero-order chi connectivity index (χ0) is 26.6. The van der Waals surface area contributed by atoms with E-state index in [4.69, 9.17) is 4.74 Å². The molecule has 6 heteroatoms. The molecule has 7 rings (SSSR count). The summed E-state index contributed by atoms with van der Waals surface area (Å²) in [5, 5.41) is 3.32. The van der Waals surface area contributed by atoms with E-state index in [0.29, 0.717) is 0 Å². The van der Waals surface area contributed by atoms with Gasteiger partial charge in [0.05, 0.1) is 22.7 Å². The molecule has 1 unspecified atom stereocenters. The Morgan fingerprint density at radius 3 is 2.28 bits per heavy atom. The summed E-state index contributed by atoms with van der Waals surface area (Å²) in [6.45, 7) is 2.35. The highest BCUT2D eigenvalue weighted by atomic mass is 32.2. The number of fused-ring (bicyclic) bond motifs is 4. The van der Waals surface area contributed by atoms with Gasteiger partial charge in [-0.3, -0.25) is 0 Å². The molecule has 1 atom stereocenters. The number of hydrogen-bond donors (Lipinski definition) is 1. The first-order chi connectivity index (χ1) is 19.2. The van der Waals surface area contributed by atoms with E-state index in [-0.39, 0.29) is 0 Å². The van der Waals surface area contributed by atoms with Crippen LogP contribution in [-0.4, -0.2) is 37.3 Å². The maximum atomic E-state index is 5.71. The van der Waals surface area contributed by atoms with Crippen molar-refractivity contribution in [3.05, 3.63) is 91.0 Å². The molecule has 0 amide bonds. The topological polar surface area (TPSA) is 27.7 Å². The van der Waals surface area contributed by atoms with Crippen LogP contribution in [0.25, 0.3) is 0 Å². The third kappa shape index (κ3) is 5.79. The Morgan fingerprint density at radius 1 is 0.846 bits per heavy atom. The average molecular weight is 554 g/mol. The van der Waals surface area contributed by atoms with Gasteiger partial charge >= 0.3 is 0 Å². The highest BCUT2D eigenvalue weighted by Crippen LogP contribution is 2.49. The number of piperidine rings is 1. The Hall–Kier alpha value is -3.06. The number of nitrogens with one attached hydrogen (secondary N) is 1. The van der Waals surface area contributed by atoms with Crippen molar-refractivity contribution in [1.82, 2.24) is 4.90 Å². The van der Waals surface area contributed by atoms with Gasteiger partial charge in [0.2, 0.25) is 0 Å². The second kappa shape index (κ2) is 12.0. The summed E-state index contributed by atoms with van der Waals surface area (Å²) in [6, 6.07) is 32.3. The van der Waals surface area contributed by atoms with Crippen LogP contribution in [0.5, 0.6) is 11.5 Å². The maximum Gasteiger partial charge on any atom is 0.150 e. The molecule has 4 nitrogen and oxygen atoms in total. The maximum absolute atomic E-state index is 5.71. The molecule has 0 radical (unpaired) electrons. The van der Waals surface area contributed by atoms with Crippen molar-refractivity contribution in [2.75, 3.05) is 36.6 Å². The van der Waals surface area contributed by atoms with Gasteiger partial charge < -0.3 is 19.9 Å². The highest BCUT2D eigenvalue weighted by molar-refractivity contribution is 8.00. The van der Waals surface area contributed by atoms with Gasteiger partial charge in [0.15, 0.2) is 11.5 Å². The molecule has 39 heavy (non-hydrogen) atoms. The van der Waals surface area contributed by atoms with Crippen molar-refractivity contribution < 1.29 is 4.74 Å². The Morgan fingerprint density at radius 2 is 1.54 bits per heavy atom. The van der Waals surface area contributed by atoms with Gasteiger partial charge in [-0.15, -0.1) is 11.8 Å². The lowest BCUT2D eigenvalue weighted by Gasteiger charge is -2.37. The SMILES string of the molecule is CSc1ccc2c(c1)N(CCC1CCCCN1C)c1ccccc1S2.c1ccc2c(c1)Nc1ccccc1O2. The number of hydrogen-bond acceptors (Lipinski definition) is 6. The number of thioether (sulfide) groups is 1. The summed E-state index contributed by atoms with van der Waals surface area (Å²) < 4.78 is 5.71. The van der Waals surface area contributed by atoms with E-state index in [1.54, 1.807) is 0 Å². The number of anilines is 4. The molecule has 200 valence electrons. The van der Waals surface area contributed by atoms with Crippen LogP contribution in [0.1, 0.15) is 25.7 Å². The zero-order valence-corrected chi connectivity index (χ0v) is 24.2. The molecule has 1 fully saturated rings. The predicted molar refractivity (Wildman–Crippen MR) is 167 cm³/mol. The number of likely N-dealkylation sites (tertiary alicyclic amines) is 1. The number of rotatable bonds is 4. The van der Waals surface area contributed by atoms with Gasteiger partial charge in [-0.05, 0) is 93.7 Å². The van der Waals surface area contributed by atoms with Crippen LogP contribution in [0.4, 0.5) is 22.7 Å². The van der Waals surface area contributed by atoms with Gasteiger partial charge in [-0.25, -0.2) is 0 Å². The fourth-order valence-corrected chi connectivity index (χ4v) is 7.06. The van der Waals surface area contributed by atoms with Crippen LogP contribution >= 0.6 is 23.5 Å². The highest BCUT2D eigenvalue weighted by Gasteiger charge is 2.26. The quantitative estimate of drug-likeness (QED) is 0.223. The van der Waals surface area contributed by atoms with Crippen LogP contribution in [0, 0.1) is 0 Å². The first-order valence-electron chi connectivity index (χ1n) is 13.8. The number of para-hydroxylation sites is 5. The fraction of sp³-hybridized carbons (Fsp3) is 0.273. The summed E-state index contributed by atoms with van der Waals surface area (Å²) in [6.07, 6.45) is 7.48. The standard InChI is InChI=1S/C21H26N2S2.C12H9NO/c1-22-13-6-5-7-16(22)12-14-23-18-8-3-4-9-20(18)25-21-11-10-17(24-2)15-19(21)23;1-3-7-11-9(5-1)13-10-6-2-4-8-12(10)14-11/h3-4,8-11,15-16H,5-7,12-14H2,1-2H3;1-8,13H. The van der Waals surface area contributed by atoms with Gasteiger partial charge in [-0.1, -0.05) is 54.6 Å². The van der Waals surface area contributed by atoms with E-state index in [2.05, 4.69) is 70.9 Å². The van der Waals surface area contributed by atoms with Crippen LogP contribution in [0.15, 0.2) is 106 Å². The molecule has 0 saturated carbocycles. The molecule has 1 N–H and O–H groups in total. The summed E-state index contributed by atoms with van der Waals surface area (Å²) in [7, 11) is 2.30. The number of nitrogens with zero attached hydrogens (tertiary/aromatic N) is 2. The van der Waals surface area contributed by atoms with E-state index in [9.17, 15) is 0 Å². The minimum atomic E-state index is 0.725. The third-order valence-electron chi connectivity index (χ3n) is 7.70. The molecule has 3 aliphatic rings. The van der Waals surface area contributed by atoms with E-state index in [1.807, 2.05) is 72.1 Å². The summed E-state index contributed by atoms with van der Waals surface area (Å²) >= 11 is 3.73. The predicted octanol–water partition coefficient (Wildman–Crippen LogP) is 9.42. The van der Waals surface area contributed by atoms with E-state index in [0.717, 1.165) is 35.5 Å². The molecule has 0 aromatic heterocycles. The lowest BCUT2D eigenvalue weighted by atomic mass is 9.99. The fourth-order valence-electron chi connectivity index (χ4n) is 5.55. The molecule has 4 aromatic rings. The molecule has 3 heterocycles. The van der Waals surface area contributed by atoms with Crippen LogP contribution in [-0.2, 0) is 0 Å². The summed E-state index contributed by atoms with van der Waals surface area (Å²) in [4.78, 5) is 9.23. The average Bonchev–Trinajstić information content (AvgIpc) is 2.99. The lowest BCUT2D eigenvalue weighted by molar-refractivity contribution is 0.178. The third-order valence-corrected chi connectivity index (χ3v) is 9.56. The molecule has 0 bridgehead atoms. The second-order valence-electron chi connectivity index (χ2n) is 10.2. The molecular formula is C33H35N3OS2. The Labute approximate surface area is 240 Å². The monoisotopic (exact) mass is 553 g/mol. The molecule has 3 aliphatic heterocycles. The lowest BCUT2D eigenvalue weighted by Crippen LogP contribution is -2.38. The molecule has 0 aliphatic carbocycles. The van der Waals surface area contributed by atoms with Crippen LogP contribution in [0.3, 0.4) is 0 Å². The smallest absolute Gasteiger partial charge is 0.150 e. The van der Waals surface area contributed by atoms with Crippen molar-refractivity contribution >= 4 is 46.3 Å². The van der Waals surface area contributed by atoms with E-state index < -0.39 is 0 Å². The van der Waals surface area contributed by atoms with Gasteiger partial charge in [-0.2, -0.15) is 0 Å². The van der Waals surface area contributed by atoms with E-state index >= 15 is 0 Å². The molecule has 4 aromatic carbocycles. The van der Waals surface area contributed by atoms with Crippen molar-refractivity contribution in [2.24, 2.45) is 0 Å². The normalized spacial score (nSPS) is 17.3. The van der Waals surface area contributed by atoms with Crippen molar-refractivity contribution in [2.45, 2.75) is 46.4 Å².